The fraction of sp³-hybridized carbons (Fsp3) is 0.500. The number of halogens is 1. The number of nitrogens with zero attached hydrogens (tertiary/aromatic N) is 5. The van der Waals surface area contributed by atoms with Crippen molar-refractivity contribution in [1.82, 2.24) is 14.9 Å². The second-order valence-electron chi connectivity index (χ2n) is 6.10. The lowest BCUT2D eigenvalue weighted by Crippen LogP contribution is -2.35. The fourth-order valence-corrected chi connectivity index (χ4v) is 4.00. The Balaban J connectivity index is 1.63. The Morgan fingerprint density at radius 3 is 2.83 bits per heavy atom. The average Bonchev–Trinajstić information content (AvgIpc) is 3.16. The number of anilines is 2. The van der Waals surface area contributed by atoms with Gasteiger partial charge in [-0.3, -0.25) is 4.90 Å². The molecule has 23 heavy (non-hydrogen) atoms. The molecule has 1 saturated heterocycles. The van der Waals surface area contributed by atoms with Gasteiger partial charge in [0, 0.05) is 57.9 Å². The molecule has 1 aliphatic rings. The van der Waals surface area contributed by atoms with Gasteiger partial charge in [0.1, 0.15) is 5.82 Å². The van der Waals surface area contributed by atoms with E-state index in [1.54, 1.807) is 11.3 Å². The number of hydrogen-bond donors (Lipinski definition) is 0. The van der Waals surface area contributed by atoms with Crippen molar-refractivity contribution in [1.29, 1.82) is 0 Å². The van der Waals surface area contributed by atoms with Crippen LogP contribution in [0.5, 0.6) is 0 Å². The molecule has 5 nitrogen and oxygen atoms in total. The van der Waals surface area contributed by atoms with Crippen molar-refractivity contribution < 1.29 is 0 Å². The average molecular weight is 352 g/mol. The predicted molar refractivity (Wildman–Crippen MR) is 97.8 cm³/mol. The first kappa shape index (κ1) is 16.5. The molecule has 0 N–H and O–H groups in total. The van der Waals surface area contributed by atoms with Crippen molar-refractivity contribution in [2.45, 2.75) is 19.0 Å². The predicted octanol–water partition coefficient (Wildman–Crippen LogP) is 2.97. The van der Waals surface area contributed by atoms with Gasteiger partial charge in [-0.25, -0.2) is 4.98 Å². The fourth-order valence-electron chi connectivity index (χ4n) is 2.87. The molecule has 0 spiro atoms. The van der Waals surface area contributed by atoms with Gasteiger partial charge in [-0.1, -0.05) is 11.6 Å². The van der Waals surface area contributed by atoms with E-state index in [9.17, 15) is 0 Å². The van der Waals surface area contributed by atoms with E-state index in [1.807, 2.05) is 37.3 Å². The maximum absolute atomic E-state index is 6.02. The second kappa shape index (κ2) is 7.03. The van der Waals surface area contributed by atoms with Crippen LogP contribution in [0.1, 0.15) is 11.3 Å². The zero-order chi connectivity index (χ0) is 16.4. The molecule has 124 valence electrons. The largest absolute Gasteiger partial charge is 0.355 e. The highest BCUT2D eigenvalue weighted by molar-refractivity contribution is 7.16. The van der Waals surface area contributed by atoms with Crippen molar-refractivity contribution in [2.75, 3.05) is 44.0 Å². The lowest BCUT2D eigenvalue weighted by atomic mass is 10.2. The van der Waals surface area contributed by atoms with E-state index >= 15 is 0 Å². The van der Waals surface area contributed by atoms with Gasteiger partial charge < -0.3 is 9.80 Å². The molecule has 7 heteroatoms. The second-order valence-corrected chi connectivity index (χ2v) is 7.90. The molecule has 2 aromatic rings. The number of rotatable bonds is 5. The smallest absolute Gasteiger partial charge is 0.226 e. The highest BCUT2D eigenvalue weighted by Crippen LogP contribution is 2.26. The van der Waals surface area contributed by atoms with Gasteiger partial charge in [-0.05, 0) is 24.6 Å². The molecule has 0 bridgehead atoms. The van der Waals surface area contributed by atoms with E-state index in [1.165, 1.54) is 4.88 Å². The number of likely N-dealkylation sites (tertiary alicyclic amines) is 1. The van der Waals surface area contributed by atoms with Crippen LogP contribution in [0.2, 0.25) is 4.34 Å². The number of aromatic nitrogens is 2. The summed E-state index contributed by atoms with van der Waals surface area (Å²) in [5.74, 6) is 1.73. The van der Waals surface area contributed by atoms with Gasteiger partial charge in [0.25, 0.3) is 0 Å². The highest BCUT2D eigenvalue weighted by Gasteiger charge is 2.27. The molecular formula is C16H22ClN5S. The van der Waals surface area contributed by atoms with Crippen molar-refractivity contribution >= 4 is 34.7 Å². The van der Waals surface area contributed by atoms with E-state index in [2.05, 4.69) is 32.9 Å². The summed E-state index contributed by atoms with van der Waals surface area (Å²) in [5, 5.41) is 0. The molecule has 1 aliphatic heterocycles. The third-order valence-corrected chi connectivity index (χ3v) is 5.41. The third kappa shape index (κ3) is 3.94. The zero-order valence-corrected chi connectivity index (χ0v) is 15.3. The molecule has 0 saturated carbocycles. The summed E-state index contributed by atoms with van der Waals surface area (Å²) in [6.07, 6.45) is 2.98. The van der Waals surface area contributed by atoms with Gasteiger partial charge in [-0.2, -0.15) is 4.98 Å². The Hall–Kier alpha value is -1.37. The maximum Gasteiger partial charge on any atom is 0.226 e. The summed E-state index contributed by atoms with van der Waals surface area (Å²) in [6.45, 7) is 3.14. The molecule has 0 amide bonds. The zero-order valence-electron chi connectivity index (χ0n) is 13.7. The van der Waals surface area contributed by atoms with Crippen LogP contribution in [0.4, 0.5) is 11.8 Å². The first-order chi connectivity index (χ1) is 11.0. The highest BCUT2D eigenvalue weighted by atomic mass is 35.5. The lowest BCUT2D eigenvalue weighted by molar-refractivity contribution is 0.329. The molecule has 0 aromatic carbocycles. The number of hydrogen-bond acceptors (Lipinski definition) is 6. The Bertz CT molecular complexity index is 659. The molecular weight excluding hydrogens is 330 g/mol. The van der Waals surface area contributed by atoms with Crippen molar-refractivity contribution in [2.24, 2.45) is 0 Å². The Labute approximate surface area is 146 Å². The number of thiophene rings is 1. The minimum absolute atomic E-state index is 0.482. The summed E-state index contributed by atoms with van der Waals surface area (Å²) < 4.78 is 0.866. The van der Waals surface area contributed by atoms with E-state index < -0.39 is 0 Å². The normalized spacial score (nSPS) is 18.3. The van der Waals surface area contributed by atoms with Crippen LogP contribution in [0.25, 0.3) is 0 Å². The van der Waals surface area contributed by atoms with Crippen LogP contribution in [0.15, 0.2) is 24.4 Å². The summed E-state index contributed by atoms with van der Waals surface area (Å²) in [4.78, 5) is 16.9. The molecule has 3 heterocycles. The lowest BCUT2D eigenvalue weighted by Gasteiger charge is -2.26. The maximum atomic E-state index is 6.02. The standard InChI is InChI=1S/C16H22ClN5S/c1-20(2)16-18-8-6-15(19-16)21(3)12-7-9-22(10-12)11-13-4-5-14(17)23-13/h4-6,8,12H,7,9-11H2,1-3H3. The summed E-state index contributed by atoms with van der Waals surface area (Å²) in [7, 11) is 6.04. The molecule has 2 aromatic heterocycles. The molecule has 3 rings (SSSR count). The Morgan fingerprint density at radius 1 is 1.30 bits per heavy atom. The van der Waals surface area contributed by atoms with Gasteiger partial charge in [0.15, 0.2) is 0 Å². The molecule has 1 fully saturated rings. The Kier molecular flexibility index (Phi) is 5.04. The van der Waals surface area contributed by atoms with Crippen molar-refractivity contribution in [3.8, 4) is 0 Å². The molecule has 0 aliphatic carbocycles. The van der Waals surface area contributed by atoms with Gasteiger partial charge >= 0.3 is 0 Å². The quantitative estimate of drug-likeness (QED) is 0.827. The summed E-state index contributed by atoms with van der Waals surface area (Å²) >= 11 is 7.69. The number of likely N-dealkylation sites (N-methyl/N-ethyl adjacent to an activating group) is 1. The summed E-state index contributed by atoms with van der Waals surface area (Å²) in [6, 6.07) is 6.56. The van der Waals surface area contributed by atoms with Gasteiger partial charge in [0.05, 0.1) is 4.34 Å². The van der Waals surface area contributed by atoms with Crippen molar-refractivity contribution in [3.05, 3.63) is 33.6 Å². The Morgan fingerprint density at radius 2 is 2.13 bits per heavy atom. The minimum atomic E-state index is 0.482. The first-order valence-corrected chi connectivity index (χ1v) is 8.92. The molecule has 0 radical (unpaired) electrons. The van der Waals surface area contributed by atoms with E-state index in [0.717, 1.165) is 42.2 Å². The summed E-state index contributed by atoms with van der Waals surface area (Å²) in [5.41, 5.74) is 0. The topological polar surface area (TPSA) is 35.5 Å². The van der Waals surface area contributed by atoms with E-state index in [-0.39, 0.29) is 0 Å². The SMILES string of the molecule is CN(C)c1nccc(N(C)C2CCN(Cc3ccc(Cl)s3)C2)n1. The first-order valence-electron chi connectivity index (χ1n) is 7.72. The van der Waals surface area contributed by atoms with E-state index in [0.29, 0.717) is 6.04 Å². The molecule has 1 unspecified atom stereocenters. The van der Waals surface area contributed by atoms with Crippen LogP contribution in [-0.2, 0) is 6.54 Å². The van der Waals surface area contributed by atoms with Crippen LogP contribution in [0, 0.1) is 0 Å². The van der Waals surface area contributed by atoms with Crippen LogP contribution < -0.4 is 9.80 Å². The molecule has 1 atom stereocenters. The van der Waals surface area contributed by atoms with Crippen LogP contribution >= 0.6 is 22.9 Å². The minimum Gasteiger partial charge on any atom is -0.355 e. The van der Waals surface area contributed by atoms with Gasteiger partial charge in [0.2, 0.25) is 5.95 Å². The van der Waals surface area contributed by atoms with Crippen molar-refractivity contribution in [3.63, 3.8) is 0 Å². The third-order valence-electron chi connectivity index (χ3n) is 4.19. The van der Waals surface area contributed by atoms with Crippen LogP contribution in [-0.4, -0.2) is 55.1 Å². The van der Waals surface area contributed by atoms with Gasteiger partial charge in [-0.15, -0.1) is 11.3 Å². The monoisotopic (exact) mass is 351 g/mol. The van der Waals surface area contributed by atoms with Crippen LogP contribution in [0.3, 0.4) is 0 Å². The van der Waals surface area contributed by atoms with E-state index in [4.69, 9.17) is 11.6 Å².